The largest absolute Gasteiger partial charge is 0.481 e. The van der Waals surface area contributed by atoms with Gasteiger partial charge in [0.05, 0.1) is 13.0 Å². The summed E-state index contributed by atoms with van der Waals surface area (Å²) in [6, 6.07) is 20.3. The lowest BCUT2D eigenvalue weighted by Gasteiger charge is -2.43. The molecule has 0 amide bonds. The molecule has 2 rings (SSSR count). The van der Waals surface area contributed by atoms with Crippen molar-refractivity contribution in [2.24, 2.45) is 5.92 Å². The van der Waals surface area contributed by atoms with Gasteiger partial charge < -0.3 is 19.6 Å². The van der Waals surface area contributed by atoms with E-state index in [4.69, 9.17) is 9.16 Å². The summed E-state index contributed by atoms with van der Waals surface area (Å²) in [5.74, 6) is -1.06. The van der Waals surface area contributed by atoms with E-state index in [1.54, 1.807) is 6.08 Å². The number of carbonyl (C=O) groups is 2. The van der Waals surface area contributed by atoms with Crippen molar-refractivity contribution in [1.82, 2.24) is 5.32 Å². The average Bonchev–Trinajstić information content (AvgIpc) is 2.88. The summed E-state index contributed by atoms with van der Waals surface area (Å²) in [5.41, 5.74) is 0.329. The van der Waals surface area contributed by atoms with Crippen molar-refractivity contribution >= 4 is 30.6 Å². The second-order valence-corrected chi connectivity index (χ2v) is 16.8. The lowest BCUT2D eigenvalue weighted by Crippen LogP contribution is -2.66. The van der Waals surface area contributed by atoms with Crippen LogP contribution in [-0.2, 0) is 18.8 Å². The molecule has 220 valence electrons. The topological polar surface area (TPSA) is 84.9 Å². The second kappa shape index (κ2) is 14.8. The molecule has 0 bridgehead atoms. The van der Waals surface area contributed by atoms with Gasteiger partial charge in [-0.1, -0.05) is 108 Å². The van der Waals surface area contributed by atoms with Gasteiger partial charge in [-0.05, 0) is 60.6 Å². The highest BCUT2D eigenvalue weighted by molar-refractivity contribution is 6.99. The van der Waals surface area contributed by atoms with Crippen molar-refractivity contribution < 1.29 is 23.9 Å². The molecule has 0 aliphatic rings. The Morgan fingerprint density at radius 2 is 1.48 bits per heavy atom. The second-order valence-electron chi connectivity index (χ2n) is 12.5. The quantitative estimate of drug-likeness (QED) is 0.173. The van der Waals surface area contributed by atoms with Gasteiger partial charge in [0.15, 0.2) is 0 Å². The predicted molar refractivity (Wildman–Crippen MR) is 166 cm³/mol. The summed E-state index contributed by atoms with van der Waals surface area (Å²) in [6.45, 7) is 17.2. The van der Waals surface area contributed by atoms with E-state index in [1.807, 2.05) is 64.1 Å². The van der Waals surface area contributed by atoms with Crippen LogP contribution in [0.15, 0.2) is 72.3 Å². The highest BCUT2D eigenvalue weighted by Crippen LogP contribution is 2.37. The normalized spacial score (nSPS) is 14.4. The van der Waals surface area contributed by atoms with Gasteiger partial charge in [0.1, 0.15) is 11.6 Å². The van der Waals surface area contributed by atoms with E-state index in [0.29, 0.717) is 19.6 Å². The van der Waals surface area contributed by atoms with Crippen molar-refractivity contribution in [3.63, 3.8) is 0 Å². The summed E-state index contributed by atoms with van der Waals surface area (Å²) >= 11 is 0. The van der Waals surface area contributed by atoms with Gasteiger partial charge in [-0.15, -0.1) is 0 Å². The Hall–Kier alpha value is -2.74. The molecule has 2 atom stereocenters. The molecule has 0 aliphatic heterocycles. The molecule has 6 nitrogen and oxygen atoms in total. The average molecular weight is 568 g/mol. The molecule has 0 unspecified atom stereocenters. The van der Waals surface area contributed by atoms with Gasteiger partial charge in [-0.3, -0.25) is 9.59 Å². The van der Waals surface area contributed by atoms with Crippen LogP contribution in [0.4, 0.5) is 0 Å². The van der Waals surface area contributed by atoms with Crippen LogP contribution >= 0.6 is 0 Å². The third-order valence-electron chi connectivity index (χ3n) is 7.14. The molecule has 2 aromatic rings. The van der Waals surface area contributed by atoms with Crippen molar-refractivity contribution in [1.29, 1.82) is 0 Å². The Morgan fingerprint density at radius 3 is 1.90 bits per heavy atom. The Morgan fingerprint density at radius 1 is 0.950 bits per heavy atom. The highest BCUT2D eigenvalue weighted by Gasteiger charge is 2.50. The van der Waals surface area contributed by atoms with Crippen LogP contribution in [0.5, 0.6) is 0 Å². The minimum Gasteiger partial charge on any atom is -0.481 e. The van der Waals surface area contributed by atoms with Gasteiger partial charge in [0, 0.05) is 0 Å². The van der Waals surface area contributed by atoms with Crippen molar-refractivity contribution in [3.05, 3.63) is 72.3 Å². The maximum Gasteiger partial charge on any atom is 0.323 e. The first-order valence-electron chi connectivity index (χ1n) is 14.3. The lowest BCUT2D eigenvalue weighted by molar-refractivity contribution is -0.159. The van der Waals surface area contributed by atoms with Crippen LogP contribution in [0.25, 0.3) is 0 Å². The summed E-state index contributed by atoms with van der Waals surface area (Å²) in [5, 5.41) is 15.0. The summed E-state index contributed by atoms with van der Waals surface area (Å²) in [7, 11) is -2.78. The Kier molecular flexibility index (Phi) is 12.3. The molecule has 0 saturated heterocycles. The number of esters is 1. The van der Waals surface area contributed by atoms with Gasteiger partial charge in [-0.25, -0.2) is 0 Å². The lowest BCUT2D eigenvalue weighted by atomic mass is 9.98. The zero-order chi connectivity index (χ0) is 30.0. The molecule has 0 heterocycles. The number of hydrogen-bond acceptors (Lipinski definition) is 5. The van der Waals surface area contributed by atoms with Crippen LogP contribution < -0.4 is 15.7 Å². The maximum absolute atomic E-state index is 12.9. The molecule has 0 aliphatic carbocycles. The fourth-order valence-electron chi connectivity index (χ4n) is 4.93. The number of ether oxygens (including phenoxy) is 1. The number of carbonyl (C=O) groups excluding carboxylic acids is 1. The molecule has 2 N–H and O–H groups in total. The monoisotopic (exact) mass is 567 g/mol. The minimum atomic E-state index is -2.78. The maximum atomic E-state index is 12.9. The summed E-state index contributed by atoms with van der Waals surface area (Å²) in [4.78, 5) is 24.4. The van der Waals surface area contributed by atoms with E-state index in [-0.39, 0.29) is 23.3 Å². The fraction of sp³-hybridized carbons (Fsp3) is 0.515. The standard InChI is InChI=1S/C33H49NO5Si/c1-9-25(2)30(31(37)39-32(3,4)5)34-23-22-26(20-21-29(35)36)24-38-40(33(6,7)8,27-16-12-10-13-17-27)28-18-14-11-15-19-28/h10-20,25,30,34H,9,21-24H2,1-8H3,(H,35,36)/b26-20+/t25-,30-/m0/s1. The molecule has 40 heavy (non-hydrogen) atoms. The number of hydrogen-bond donors (Lipinski definition) is 2. The Bertz CT molecular complexity index is 1060. The smallest absolute Gasteiger partial charge is 0.323 e. The number of aliphatic carboxylic acids is 1. The minimum absolute atomic E-state index is 0.0830. The number of benzene rings is 2. The van der Waals surface area contributed by atoms with E-state index in [1.165, 1.54) is 10.4 Å². The SMILES string of the molecule is CC[C@H](C)[C@H](NCC/C(=C\CC(=O)O)CO[Si](c1ccccc1)(c1ccccc1)C(C)(C)C)C(=O)OC(C)(C)C. The molecule has 0 aromatic heterocycles. The Balaban J connectivity index is 2.35. The molecular formula is C33H49NO5Si. The van der Waals surface area contributed by atoms with Crippen LogP contribution in [0.2, 0.25) is 5.04 Å². The van der Waals surface area contributed by atoms with E-state index >= 15 is 0 Å². The first kappa shape index (κ1) is 33.5. The predicted octanol–water partition coefficient (Wildman–Crippen LogP) is 5.70. The number of nitrogens with one attached hydrogen (secondary N) is 1. The molecule has 2 aromatic carbocycles. The molecule has 7 heteroatoms. The van der Waals surface area contributed by atoms with Crippen LogP contribution in [-0.4, -0.2) is 50.2 Å². The number of carboxylic acid groups (broad SMARTS) is 1. The number of rotatable bonds is 14. The molecular weight excluding hydrogens is 518 g/mol. The molecule has 0 saturated carbocycles. The zero-order valence-corrected chi connectivity index (χ0v) is 26.6. The van der Waals surface area contributed by atoms with Gasteiger partial charge >= 0.3 is 11.9 Å². The summed E-state index contributed by atoms with van der Waals surface area (Å²) in [6.07, 6.45) is 3.06. The van der Waals surface area contributed by atoms with Crippen LogP contribution in [0.3, 0.4) is 0 Å². The first-order chi connectivity index (χ1) is 18.7. The number of carboxylic acids is 1. The molecule has 0 spiro atoms. The first-order valence-corrected chi connectivity index (χ1v) is 16.2. The van der Waals surface area contributed by atoms with E-state index < -0.39 is 25.9 Å². The third kappa shape index (κ3) is 9.42. The van der Waals surface area contributed by atoms with E-state index in [9.17, 15) is 14.7 Å². The molecule has 0 radical (unpaired) electrons. The summed E-state index contributed by atoms with van der Waals surface area (Å²) < 4.78 is 12.7. The van der Waals surface area contributed by atoms with Crippen molar-refractivity contribution in [2.75, 3.05) is 13.2 Å². The van der Waals surface area contributed by atoms with Gasteiger partial charge in [-0.2, -0.15) is 0 Å². The van der Waals surface area contributed by atoms with Crippen LogP contribution in [0, 0.1) is 5.92 Å². The fourth-order valence-corrected chi connectivity index (χ4v) is 9.49. The van der Waals surface area contributed by atoms with Crippen molar-refractivity contribution in [2.45, 2.75) is 91.3 Å². The highest BCUT2D eigenvalue weighted by atomic mass is 28.4. The van der Waals surface area contributed by atoms with E-state index in [2.05, 4.69) is 57.3 Å². The Labute approximate surface area is 242 Å². The van der Waals surface area contributed by atoms with E-state index in [0.717, 1.165) is 12.0 Å². The van der Waals surface area contributed by atoms with Gasteiger partial charge in [0.2, 0.25) is 0 Å². The molecule has 0 fully saturated rings. The van der Waals surface area contributed by atoms with Gasteiger partial charge in [0.25, 0.3) is 8.32 Å². The van der Waals surface area contributed by atoms with Crippen molar-refractivity contribution in [3.8, 4) is 0 Å². The third-order valence-corrected chi connectivity index (χ3v) is 12.1. The zero-order valence-electron chi connectivity index (χ0n) is 25.6. The van der Waals surface area contributed by atoms with Crippen LogP contribution in [0.1, 0.15) is 74.7 Å².